The van der Waals surface area contributed by atoms with Crippen molar-refractivity contribution in [1.82, 2.24) is 0 Å². The number of benzene rings is 4. The third kappa shape index (κ3) is 5.11. The fourth-order valence-electron chi connectivity index (χ4n) is 3.63. The molecule has 4 rings (SSSR count). The van der Waals surface area contributed by atoms with Crippen LogP contribution in [0.3, 0.4) is 0 Å². The molecule has 0 radical (unpaired) electrons. The summed E-state index contributed by atoms with van der Waals surface area (Å²) in [6, 6.07) is 29.5. The van der Waals surface area contributed by atoms with Gasteiger partial charge in [-0.1, -0.05) is 66.7 Å². The first-order valence-electron chi connectivity index (χ1n) is 10.7. The van der Waals surface area contributed by atoms with Gasteiger partial charge in [-0.3, -0.25) is 4.79 Å². The topological polar surface area (TPSA) is 62.1 Å². The Balaban J connectivity index is 1.45. The van der Waals surface area contributed by atoms with Crippen molar-refractivity contribution in [1.29, 1.82) is 5.26 Å². The largest absolute Gasteiger partial charge is 0.489 e. The molecule has 1 amide bonds. The molecular weight excluding hydrogens is 408 g/mol. The van der Waals surface area contributed by atoms with Gasteiger partial charge in [0.2, 0.25) is 0 Å². The van der Waals surface area contributed by atoms with Crippen molar-refractivity contribution in [2.45, 2.75) is 20.5 Å². The molecule has 0 aliphatic rings. The lowest BCUT2D eigenvalue weighted by atomic mass is 10.1. The van der Waals surface area contributed by atoms with E-state index in [4.69, 9.17) is 4.74 Å². The summed E-state index contributed by atoms with van der Waals surface area (Å²) in [4.78, 5) is 12.6. The van der Waals surface area contributed by atoms with E-state index in [1.807, 2.05) is 80.6 Å². The maximum atomic E-state index is 12.6. The molecule has 0 heterocycles. The normalized spacial score (nSPS) is 11.1. The first kappa shape index (κ1) is 21.9. The third-order valence-electron chi connectivity index (χ3n) is 5.68. The Labute approximate surface area is 193 Å². The predicted molar refractivity (Wildman–Crippen MR) is 133 cm³/mol. The molecule has 0 spiro atoms. The van der Waals surface area contributed by atoms with Crippen LogP contribution < -0.4 is 10.1 Å². The Morgan fingerprint density at radius 3 is 2.45 bits per heavy atom. The van der Waals surface area contributed by atoms with Crippen LogP contribution in [0.1, 0.15) is 22.3 Å². The summed E-state index contributed by atoms with van der Waals surface area (Å²) >= 11 is 0. The Hall–Kier alpha value is -4.36. The van der Waals surface area contributed by atoms with Gasteiger partial charge >= 0.3 is 0 Å². The number of fused-ring (bicyclic) bond motifs is 1. The van der Waals surface area contributed by atoms with Gasteiger partial charge in [-0.25, -0.2) is 0 Å². The van der Waals surface area contributed by atoms with E-state index in [0.29, 0.717) is 12.3 Å². The van der Waals surface area contributed by atoms with Crippen molar-refractivity contribution in [3.05, 3.63) is 113 Å². The number of rotatable bonds is 6. The molecule has 33 heavy (non-hydrogen) atoms. The predicted octanol–water partition coefficient (Wildman–Crippen LogP) is 6.58. The summed E-state index contributed by atoms with van der Waals surface area (Å²) < 4.78 is 5.97. The lowest BCUT2D eigenvalue weighted by Gasteiger charge is -2.10. The van der Waals surface area contributed by atoms with Crippen molar-refractivity contribution < 1.29 is 9.53 Å². The van der Waals surface area contributed by atoms with Gasteiger partial charge in [-0.05, 0) is 71.1 Å². The highest BCUT2D eigenvalue weighted by molar-refractivity contribution is 6.10. The zero-order chi connectivity index (χ0) is 23.2. The number of nitriles is 1. The summed E-state index contributed by atoms with van der Waals surface area (Å²) in [5.74, 6) is 0.293. The van der Waals surface area contributed by atoms with Crippen LogP contribution >= 0.6 is 0 Å². The van der Waals surface area contributed by atoms with Crippen LogP contribution in [0.2, 0.25) is 0 Å². The summed E-state index contributed by atoms with van der Waals surface area (Å²) in [5.41, 5.74) is 4.68. The standard InChI is InChI=1S/C29H24N2O2/c1-20-7-5-12-28(21(20)2)31-29(32)25(18-30)17-22-13-15-26(16-14-22)33-19-24-10-6-9-23-8-3-4-11-27(23)24/h3-17H,19H2,1-2H3,(H,31,32)/b25-17+. The van der Waals surface area contributed by atoms with Gasteiger partial charge in [0, 0.05) is 5.69 Å². The van der Waals surface area contributed by atoms with Crippen molar-refractivity contribution in [2.24, 2.45) is 0 Å². The number of anilines is 1. The van der Waals surface area contributed by atoms with Crippen molar-refractivity contribution in [3.8, 4) is 11.8 Å². The lowest BCUT2D eigenvalue weighted by molar-refractivity contribution is -0.112. The quantitative estimate of drug-likeness (QED) is 0.276. The van der Waals surface area contributed by atoms with E-state index < -0.39 is 5.91 Å². The number of nitrogens with one attached hydrogen (secondary N) is 1. The van der Waals surface area contributed by atoms with Gasteiger partial charge in [0.05, 0.1) is 0 Å². The summed E-state index contributed by atoms with van der Waals surface area (Å²) in [6.07, 6.45) is 1.58. The van der Waals surface area contributed by atoms with Crippen LogP contribution in [0.25, 0.3) is 16.8 Å². The van der Waals surface area contributed by atoms with Crippen LogP contribution in [-0.4, -0.2) is 5.91 Å². The highest BCUT2D eigenvalue weighted by Gasteiger charge is 2.11. The monoisotopic (exact) mass is 432 g/mol. The van der Waals surface area contributed by atoms with Crippen LogP contribution in [0.4, 0.5) is 5.69 Å². The molecule has 0 aromatic heterocycles. The zero-order valence-electron chi connectivity index (χ0n) is 18.6. The number of hydrogen-bond donors (Lipinski definition) is 1. The minimum absolute atomic E-state index is 0.0420. The van der Waals surface area contributed by atoms with E-state index in [2.05, 4.69) is 29.6 Å². The second-order valence-electron chi connectivity index (χ2n) is 7.87. The van der Waals surface area contributed by atoms with Gasteiger partial charge in [-0.2, -0.15) is 5.26 Å². The Morgan fingerprint density at radius 1 is 0.939 bits per heavy atom. The van der Waals surface area contributed by atoms with E-state index in [-0.39, 0.29) is 5.57 Å². The second-order valence-corrected chi connectivity index (χ2v) is 7.87. The van der Waals surface area contributed by atoms with Gasteiger partial charge in [0.15, 0.2) is 0 Å². The van der Waals surface area contributed by atoms with Gasteiger partial charge in [-0.15, -0.1) is 0 Å². The van der Waals surface area contributed by atoms with Crippen LogP contribution in [0.5, 0.6) is 5.75 Å². The number of nitrogens with zero attached hydrogens (tertiary/aromatic N) is 1. The van der Waals surface area contributed by atoms with Crippen molar-refractivity contribution in [3.63, 3.8) is 0 Å². The average molecular weight is 433 g/mol. The SMILES string of the molecule is Cc1cccc(NC(=O)/C(C#N)=C/c2ccc(OCc3cccc4ccccc34)cc2)c1C. The highest BCUT2D eigenvalue weighted by Crippen LogP contribution is 2.22. The van der Waals surface area contributed by atoms with Crippen molar-refractivity contribution >= 4 is 28.4 Å². The molecule has 4 aromatic carbocycles. The maximum Gasteiger partial charge on any atom is 0.266 e. The molecule has 0 aliphatic carbocycles. The molecule has 4 nitrogen and oxygen atoms in total. The molecule has 0 aliphatic heterocycles. The lowest BCUT2D eigenvalue weighted by Crippen LogP contribution is -2.14. The van der Waals surface area contributed by atoms with Crippen LogP contribution in [-0.2, 0) is 11.4 Å². The Kier molecular flexibility index (Phi) is 6.52. The summed E-state index contributed by atoms with van der Waals surface area (Å²) in [6.45, 7) is 4.38. The molecule has 0 unspecified atom stereocenters. The highest BCUT2D eigenvalue weighted by atomic mass is 16.5. The molecule has 0 fully saturated rings. The van der Waals surface area contributed by atoms with Gasteiger partial charge in [0.25, 0.3) is 5.91 Å². The smallest absolute Gasteiger partial charge is 0.266 e. The number of amides is 1. The van der Waals surface area contributed by atoms with Crippen LogP contribution in [0, 0.1) is 25.2 Å². The molecule has 0 atom stereocenters. The molecule has 1 N–H and O–H groups in total. The van der Waals surface area contributed by atoms with Crippen LogP contribution in [0.15, 0.2) is 90.5 Å². The molecule has 0 bridgehead atoms. The molecule has 162 valence electrons. The molecule has 0 saturated carbocycles. The second kappa shape index (κ2) is 9.84. The first-order chi connectivity index (χ1) is 16.0. The first-order valence-corrected chi connectivity index (χ1v) is 10.7. The fourth-order valence-corrected chi connectivity index (χ4v) is 3.63. The Morgan fingerprint density at radius 2 is 1.67 bits per heavy atom. The van der Waals surface area contributed by atoms with E-state index in [1.165, 1.54) is 10.8 Å². The van der Waals surface area contributed by atoms with E-state index >= 15 is 0 Å². The van der Waals surface area contributed by atoms with Crippen molar-refractivity contribution in [2.75, 3.05) is 5.32 Å². The Bertz CT molecular complexity index is 1370. The molecule has 4 heteroatoms. The van der Waals surface area contributed by atoms with E-state index in [0.717, 1.165) is 28.0 Å². The summed E-state index contributed by atoms with van der Waals surface area (Å²) in [7, 11) is 0. The maximum absolute atomic E-state index is 12.6. The fraction of sp³-hybridized carbons (Fsp3) is 0.103. The third-order valence-corrected chi connectivity index (χ3v) is 5.68. The molecule has 0 saturated heterocycles. The number of aryl methyl sites for hydroxylation is 1. The van der Waals surface area contributed by atoms with E-state index in [9.17, 15) is 10.1 Å². The number of carbonyl (C=O) groups excluding carboxylic acids is 1. The minimum Gasteiger partial charge on any atom is -0.489 e. The minimum atomic E-state index is -0.428. The molecular formula is C29H24N2O2. The number of carbonyl (C=O) groups is 1. The van der Waals surface area contributed by atoms with Gasteiger partial charge < -0.3 is 10.1 Å². The number of hydrogen-bond acceptors (Lipinski definition) is 3. The van der Waals surface area contributed by atoms with Gasteiger partial charge in [0.1, 0.15) is 24.0 Å². The summed E-state index contributed by atoms with van der Waals surface area (Å²) in [5, 5.41) is 14.7. The number of ether oxygens (including phenoxy) is 1. The van der Waals surface area contributed by atoms with E-state index in [1.54, 1.807) is 6.08 Å². The molecule has 4 aromatic rings. The average Bonchev–Trinajstić information content (AvgIpc) is 2.84. The zero-order valence-corrected chi connectivity index (χ0v) is 18.6.